The summed E-state index contributed by atoms with van der Waals surface area (Å²) in [6, 6.07) is 6.60. The zero-order valence-electron chi connectivity index (χ0n) is 11.6. The number of sulfonamides is 1. The molecule has 1 aromatic carbocycles. The van der Waals surface area contributed by atoms with Crippen molar-refractivity contribution < 1.29 is 8.42 Å². The molecule has 2 unspecified atom stereocenters. The van der Waals surface area contributed by atoms with Crippen LogP contribution in [0.15, 0.2) is 29.2 Å². The molecule has 4 nitrogen and oxygen atoms in total. The standard InChI is InChI=1S/C13H22N2O2S2/c1-4-12(9-18-3)15-19(16,17)13-7-5-11(6-8-13)10(2)14/h5-8,10,12,15H,4,9,14H2,1-3H3. The lowest BCUT2D eigenvalue weighted by atomic mass is 10.1. The number of nitrogens with one attached hydrogen (secondary N) is 1. The Morgan fingerprint density at radius 1 is 1.32 bits per heavy atom. The molecule has 0 aliphatic rings. The predicted molar refractivity (Wildman–Crippen MR) is 81.8 cm³/mol. The Balaban J connectivity index is 2.87. The normalized spacial score (nSPS) is 15.2. The van der Waals surface area contributed by atoms with Gasteiger partial charge in [-0.15, -0.1) is 0 Å². The van der Waals surface area contributed by atoms with Crippen LogP contribution in [0.2, 0.25) is 0 Å². The lowest BCUT2D eigenvalue weighted by Gasteiger charge is -2.16. The lowest BCUT2D eigenvalue weighted by molar-refractivity contribution is 0.558. The summed E-state index contributed by atoms with van der Waals surface area (Å²) < 4.78 is 27.1. The van der Waals surface area contributed by atoms with Crippen LogP contribution < -0.4 is 10.5 Å². The number of rotatable bonds is 7. The fourth-order valence-corrected chi connectivity index (χ4v) is 3.82. The van der Waals surface area contributed by atoms with E-state index in [9.17, 15) is 8.42 Å². The first kappa shape index (κ1) is 16.5. The molecule has 0 saturated carbocycles. The van der Waals surface area contributed by atoms with E-state index in [1.165, 1.54) is 0 Å². The average Bonchev–Trinajstić information content (AvgIpc) is 2.38. The molecule has 0 spiro atoms. The van der Waals surface area contributed by atoms with Gasteiger partial charge in [0.25, 0.3) is 0 Å². The fraction of sp³-hybridized carbons (Fsp3) is 0.538. The van der Waals surface area contributed by atoms with Crippen LogP contribution in [-0.2, 0) is 10.0 Å². The fourth-order valence-electron chi connectivity index (χ4n) is 1.67. The largest absolute Gasteiger partial charge is 0.324 e. The third kappa shape index (κ3) is 4.80. The minimum atomic E-state index is -3.44. The summed E-state index contributed by atoms with van der Waals surface area (Å²) in [5.74, 6) is 0.771. The maximum absolute atomic E-state index is 12.2. The Hall–Kier alpha value is -0.560. The molecule has 0 heterocycles. The number of hydrogen-bond acceptors (Lipinski definition) is 4. The van der Waals surface area contributed by atoms with Gasteiger partial charge in [0.1, 0.15) is 0 Å². The van der Waals surface area contributed by atoms with Crippen molar-refractivity contribution in [2.45, 2.75) is 37.2 Å². The van der Waals surface area contributed by atoms with Crippen LogP contribution in [0.3, 0.4) is 0 Å². The minimum absolute atomic E-state index is 0.0342. The summed E-state index contributed by atoms with van der Waals surface area (Å²) in [6.07, 6.45) is 2.74. The summed E-state index contributed by atoms with van der Waals surface area (Å²) in [5, 5.41) is 0. The number of benzene rings is 1. The first-order valence-electron chi connectivity index (χ1n) is 6.27. The van der Waals surface area contributed by atoms with Gasteiger partial charge in [-0.3, -0.25) is 0 Å². The Kier molecular flexibility index (Phi) is 6.32. The smallest absolute Gasteiger partial charge is 0.240 e. The van der Waals surface area contributed by atoms with Gasteiger partial charge in [-0.1, -0.05) is 19.1 Å². The van der Waals surface area contributed by atoms with E-state index in [2.05, 4.69) is 4.72 Å². The summed E-state index contributed by atoms with van der Waals surface area (Å²) in [6.45, 7) is 3.84. The summed E-state index contributed by atoms with van der Waals surface area (Å²) in [5.41, 5.74) is 6.67. The summed E-state index contributed by atoms with van der Waals surface area (Å²) >= 11 is 1.63. The van der Waals surface area contributed by atoms with Crippen LogP contribution in [0.25, 0.3) is 0 Å². The molecule has 0 aliphatic heterocycles. The molecule has 19 heavy (non-hydrogen) atoms. The lowest BCUT2D eigenvalue weighted by Crippen LogP contribution is -2.36. The molecule has 0 aromatic heterocycles. The van der Waals surface area contributed by atoms with Crippen LogP contribution >= 0.6 is 11.8 Å². The Bertz CT molecular complexity index is 484. The predicted octanol–water partition coefficient (Wildman–Crippen LogP) is 2.13. The van der Waals surface area contributed by atoms with Crippen LogP contribution in [0.5, 0.6) is 0 Å². The van der Waals surface area contributed by atoms with Crippen LogP contribution in [0, 0.1) is 0 Å². The summed E-state index contributed by atoms with van der Waals surface area (Å²) in [7, 11) is -3.44. The highest BCUT2D eigenvalue weighted by molar-refractivity contribution is 7.98. The average molecular weight is 302 g/mol. The van der Waals surface area contributed by atoms with Crippen LogP contribution in [-0.4, -0.2) is 26.5 Å². The molecule has 0 amide bonds. The van der Waals surface area contributed by atoms with Gasteiger partial charge in [-0.2, -0.15) is 11.8 Å². The van der Waals surface area contributed by atoms with E-state index in [1.54, 1.807) is 36.0 Å². The van der Waals surface area contributed by atoms with Crippen molar-refractivity contribution in [2.24, 2.45) is 5.73 Å². The van der Waals surface area contributed by atoms with Crippen molar-refractivity contribution in [2.75, 3.05) is 12.0 Å². The molecule has 2 atom stereocenters. The monoisotopic (exact) mass is 302 g/mol. The molecule has 0 fully saturated rings. The zero-order valence-corrected chi connectivity index (χ0v) is 13.2. The first-order chi connectivity index (χ1) is 8.90. The van der Waals surface area contributed by atoms with Gasteiger partial charge in [0.2, 0.25) is 10.0 Å². The molecule has 3 N–H and O–H groups in total. The molecule has 1 aromatic rings. The highest BCUT2D eigenvalue weighted by atomic mass is 32.2. The van der Waals surface area contributed by atoms with E-state index in [4.69, 9.17) is 5.73 Å². The van der Waals surface area contributed by atoms with Gasteiger partial charge in [0, 0.05) is 17.8 Å². The van der Waals surface area contributed by atoms with E-state index in [1.807, 2.05) is 20.1 Å². The maximum Gasteiger partial charge on any atom is 0.240 e. The minimum Gasteiger partial charge on any atom is -0.324 e. The third-order valence-corrected chi connectivity index (χ3v) is 5.17. The van der Waals surface area contributed by atoms with Gasteiger partial charge >= 0.3 is 0 Å². The van der Waals surface area contributed by atoms with Gasteiger partial charge in [-0.25, -0.2) is 13.1 Å². The van der Waals surface area contributed by atoms with E-state index in [-0.39, 0.29) is 17.0 Å². The van der Waals surface area contributed by atoms with Crippen molar-refractivity contribution >= 4 is 21.8 Å². The quantitative estimate of drug-likeness (QED) is 0.809. The maximum atomic E-state index is 12.2. The van der Waals surface area contributed by atoms with E-state index < -0.39 is 10.0 Å². The number of thioether (sulfide) groups is 1. The Morgan fingerprint density at radius 3 is 2.32 bits per heavy atom. The van der Waals surface area contributed by atoms with Crippen LogP contribution in [0.1, 0.15) is 31.9 Å². The van der Waals surface area contributed by atoms with Gasteiger partial charge in [-0.05, 0) is 37.3 Å². The topological polar surface area (TPSA) is 72.2 Å². The zero-order chi connectivity index (χ0) is 14.5. The van der Waals surface area contributed by atoms with Gasteiger partial charge in [0.05, 0.1) is 4.90 Å². The molecule has 108 valence electrons. The van der Waals surface area contributed by atoms with Crippen molar-refractivity contribution in [1.29, 1.82) is 0 Å². The van der Waals surface area contributed by atoms with Crippen molar-refractivity contribution in [3.05, 3.63) is 29.8 Å². The third-order valence-electron chi connectivity index (χ3n) is 2.90. The van der Waals surface area contributed by atoms with E-state index in [0.717, 1.165) is 17.7 Å². The van der Waals surface area contributed by atoms with Crippen molar-refractivity contribution in [3.8, 4) is 0 Å². The van der Waals surface area contributed by atoms with Gasteiger partial charge < -0.3 is 5.73 Å². The van der Waals surface area contributed by atoms with E-state index >= 15 is 0 Å². The molecule has 0 saturated heterocycles. The molecule has 1 rings (SSSR count). The second kappa shape index (κ2) is 7.28. The molecule has 0 radical (unpaired) electrons. The van der Waals surface area contributed by atoms with Crippen molar-refractivity contribution in [1.82, 2.24) is 4.72 Å². The van der Waals surface area contributed by atoms with Gasteiger partial charge in [0.15, 0.2) is 0 Å². The molecule has 6 heteroatoms. The SMILES string of the molecule is CCC(CSC)NS(=O)(=O)c1ccc(C(C)N)cc1. The Morgan fingerprint density at radius 2 is 1.89 bits per heavy atom. The second-order valence-electron chi connectivity index (χ2n) is 4.54. The van der Waals surface area contributed by atoms with E-state index in [0.29, 0.717) is 0 Å². The Labute approximate surface area is 120 Å². The van der Waals surface area contributed by atoms with Crippen LogP contribution in [0.4, 0.5) is 0 Å². The molecular formula is C13H22N2O2S2. The van der Waals surface area contributed by atoms with Crippen molar-refractivity contribution in [3.63, 3.8) is 0 Å². The summed E-state index contributed by atoms with van der Waals surface area (Å²) in [4.78, 5) is 0.288. The molecular weight excluding hydrogens is 280 g/mol. The molecule has 0 bridgehead atoms. The second-order valence-corrected chi connectivity index (χ2v) is 7.16. The molecule has 0 aliphatic carbocycles. The number of nitrogens with two attached hydrogens (primary N) is 1. The number of hydrogen-bond donors (Lipinski definition) is 2. The first-order valence-corrected chi connectivity index (χ1v) is 9.15. The highest BCUT2D eigenvalue weighted by Gasteiger charge is 2.18. The highest BCUT2D eigenvalue weighted by Crippen LogP contribution is 2.15.